The van der Waals surface area contributed by atoms with Gasteiger partial charge in [-0.1, -0.05) is 31.2 Å². The van der Waals surface area contributed by atoms with Gasteiger partial charge < -0.3 is 4.98 Å². The van der Waals surface area contributed by atoms with Crippen molar-refractivity contribution in [1.29, 1.82) is 0 Å². The van der Waals surface area contributed by atoms with Gasteiger partial charge in [0.1, 0.15) is 11.3 Å². The standard InChI is InChI=1S/C26H19FN6/c1-2-15-11-17(14-28-13-15)20-9-10-22-24(29-20)25(33-32-22)26-30-21-8-4-7-19(23(21)31-26)16-5-3-6-18(27)12-16/h3-14H,2H2,1H3,(H,30,31)(H,32,33). The second-order valence-electron chi connectivity index (χ2n) is 7.90. The molecule has 6 rings (SSSR count). The molecule has 0 aliphatic carbocycles. The summed E-state index contributed by atoms with van der Waals surface area (Å²) in [5, 5.41) is 7.54. The van der Waals surface area contributed by atoms with Gasteiger partial charge in [-0.3, -0.25) is 10.1 Å². The van der Waals surface area contributed by atoms with E-state index >= 15 is 0 Å². The lowest BCUT2D eigenvalue weighted by Gasteiger charge is -2.03. The zero-order chi connectivity index (χ0) is 22.4. The number of H-pyrrole nitrogens is 2. The summed E-state index contributed by atoms with van der Waals surface area (Å²) in [5.74, 6) is 0.321. The van der Waals surface area contributed by atoms with Crippen LogP contribution in [0.4, 0.5) is 4.39 Å². The van der Waals surface area contributed by atoms with Gasteiger partial charge in [-0.2, -0.15) is 5.10 Å². The molecule has 2 aromatic carbocycles. The van der Waals surface area contributed by atoms with Crippen molar-refractivity contribution >= 4 is 22.1 Å². The minimum atomic E-state index is -0.281. The maximum atomic E-state index is 13.8. The van der Waals surface area contributed by atoms with E-state index in [1.165, 1.54) is 12.1 Å². The van der Waals surface area contributed by atoms with Crippen LogP contribution in [-0.2, 0) is 6.42 Å². The lowest BCUT2D eigenvalue weighted by molar-refractivity contribution is 0.628. The molecule has 0 saturated heterocycles. The largest absolute Gasteiger partial charge is 0.336 e. The Hall–Kier alpha value is -4.39. The Bertz CT molecular complexity index is 1630. The molecule has 0 atom stereocenters. The van der Waals surface area contributed by atoms with Crippen molar-refractivity contribution in [3.05, 3.63) is 84.4 Å². The van der Waals surface area contributed by atoms with Crippen molar-refractivity contribution in [3.8, 4) is 33.9 Å². The number of aromatic amines is 2. The molecular weight excluding hydrogens is 415 g/mol. The van der Waals surface area contributed by atoms with E-state index in [2.05, 4.69) is 33.2 Å². The number of benzene rings is 2. The average Bonchev–Trinajstić information content (AvgIpc) is 3.47. The van der Waals surface area contributed by atoms with Gasteiger partial charge in [0.15, 0.2) is 11.5 Å². The molecule has 0 saturated carbocycles. The van der Waals surface area contributed by atoms with E-state index in [-0.39, 0.29) is 5.82 Å². The molecule has 6 aromatic rings. The number of fused-ring (bicyclic) bond motifs is 2. The van der Waals surface area contributed by atoms with Crippen LogP contribution in [0.15, 0.2) is 73.1 Å². The van der Waals surface area contributed by atoms with E-state index in [0.717, 1.165) is 56.4 Å². The quantitative estimate of drug-likeness (QED) is 0.360. The summed E-state index contributed by atoms with van der Waals surface area (Å²) < 4.78 is 13.8. The number of aryl methyl sites for hydroxylation is 1. The highest BCUT2D eigenvalue weighted by Crippen LogP contribution is 2.32. The van der Waals surface area contributed by atoms with Gasteiger partial charge in [-0.15, -0.1) is 0 Å². The first-order valence-corrected chi connectivity index (χ1v) is 10.7. The Kier molecular flexibility index (Phi) is 4.47. The highest BCUT2D eigenvalue weighted by Gasteiger charge is 2.17. The summed E-state index contributed by atoms with van der Waals surface area (Å²) in [4.78, 5) is 17.4. The summed E-state index contributed by atoms with van der Waals surface area (Å²) in [6.07, 6.45) is 4.60. The van der Waals surface area contributed by atoms with Gasteiger partial charge in [-0.25, -0.2) is 14.4 Å². The Balaban J connectivity index is 1.49. The van der Waals surface area contributed by atoms with Gasteiger partial charge in [0.25, 0.3) is 0 Å². The van der Waals surface area contributed by atoms with Crippen molar-refractivity contribution in [2.24, 2.45) is 0 Å². The predicted octanol–water partition coefficient (Wildman–Crippen LogP) is 5.93. The number of nitrogens with zero attached hydrogens (tertiary/aromatic N) is 4. The fraction of sp³-hybridized carbons (Fsp3) is 0.0769. The second-order valence-corrected chi connectivity index (χ2v) is 7.90. The van der Waals surface area contributed by atoms with Crippen LogP contribution in [0, 0.1) is 5.82 Å². The van der Waals surface area contributed by atoms with Crippen LogP contribution in [0.3, 0.4) is 0 Å². The highest BCUT2D eigenvalue weighted by atomic mass is 19.1. The first kappa shape index (κ1) is 19.3. The second kappa shape index (κ2) is 7.63. The molecule has 0 spiro atoms. The van der Waals surface area contributed by atoms with Crippen LogP contribution in [0.1, 0.15) is 12.5 Å². The number of imidazole rings is 1. The Morgan fingerprint density at radius 3 is 2.64 bits per heavy atom. The molecule has 0 aliphatic rings. The van der Waals surface area contributed by atoms with Gasteiger partial charge in [0, 0.05) is 23.5 Å². The lowest BCUT2D eigenvalue weighted by Crippen LogP contribution is -1.90. The van der Waals surface area contributed by atoms with E-state index in [1.54, 1.807) is 6.07 Å². The number of nitrogens with one attached hydrogen (secondary N) is 2. The van der Waals surface area contributed by atoms with E-state index in [0.29, 0.717) is 11.5 Å². The summed E-state index contributed by atoms with van der Waals surface area (Å²) in [7, 11) is 0. The zero-order valence-corrected chi connectivity index (χ0v) is 17.8. The third kappa shape index (κ3) is 3.34. The Morgan fingerprint density at radius 1 is 0.848 bits per heavy atom. The number of hydrogen-bond donors (Lipinski definition) is 2. The fourth-order valence-corrected chi connectivity index (χ4v) is 4.08. The molecule has 2 N–H and O–H groups in total. The molecule has 0 unspecified atom stereocenters. The molecule has 4 heterocycles. The SMILES string of the molecule is CCc1cncc(-c2ccc3[nH]nc(-c4nc5c(-c6cccc(F)c6)cccc5[nH]4)c3n2)c1. The monoisotopic (exact) mass is 434 g/mol. The van der Waals surface area contributed by atoms with Crippen molar-refractivity contribution < 1.29 is 4.39 Å². The molecule has 0 amide bonds. The fourth-order valence-electron chi connectivity index (χ4n) is 4.08. The van der Waals surface area contributed by atoms with Crippen molar-refractivity contribution in [3.63, 3.8) is 0 Å². The van der Waals surface area contributed by atoms with Crippen LogP contribution < -0.4 is 0 Å². The average molecular weight is 434 g/mol. The maximum Gasteiger partial charge on any atom is 0.161 e. The van der Waals surface area contributed by atoms with Crippen LogP contribution in [0.5, 0.6) is 0 Å². The highest BCUT2D eigenvalue weighted by molar-refractivity contribution is 5.96. The molecule has 0 fully saturated rings. The van der Waals surface area contributed by atoms with Gasteiger partial charge in [0.2, 0.25) is 0 Å². The summed E-state index contributed by atoms with van der Waals surface area (Å²) in [6.45, 7) is 2.10. The number of halogens is 1. The third-order valence-electron chi connectivity index (χ3n) is 5.78. The minimum Gasteiger partial charge on any atom is -0.336 e. The van der Waals surface area contributed by atoms with Crippen molar-refractivity contribution in [2.45, 2.75) is 13.3 Å². The minimum absolute atomic E-state index is 0.281. The summed E-state index contributed by atoms with van der Waals surface area (Å²) in [5.41, 5.74) is 8.34. The summed E-state index contributed by atoms with van der Waals surface area (Å²) >= 11 is 0. The first-order chi connectivity index (χ1) is 16.2. The summed E-state index contributed by atoms with van der Waals surface area (Å²) in [6, 6.07) is 18.4. The van der Waals surface area contributed by atoms with Crippen molar-refractivity contribution in [1.82, 2.24) is 30.1 Å². The Morgan fingerprint density at radius 2 is 1.76 bits per heavy atom. The van der Waals surface area contributed by atoms with Gasteiger partial charge >= 0.3 is 0 Å². The van der Waals surface area contributed by atoms with Gasteiger partial charge in [-0.05, 0) is 53.9 Å². The Labute approximate surface area is 188 Å². The molecule has 0 bridgehead atoms. The molecule has 6 nitrogen and oxygen atoms in total. The number of pyridine rings is 2. The third-order valence-corrected chi connectivity index (χ3v) is 5.78. The predicted molar refractivity (Wildman–Crippen MR) is 127 cm³/mol. The van der Waals surface area contributed by atoms with Gasteiger partial charge in [0.05, 0.1) is 22.2 Å². The molecule has 0 aliphatic heterocycles. The van der Waals surface area contributed by atoms with E-state index in [9.17, 15) is 4.39 Å². The van der Waals surface area contributed by atoms with E-state index in [1.807, 2.05) is 48.8 Å². The van der Waals surface area contributed by atoms with Crippen LogP contribution >= 0.6 is 0 Å². The smallest absolute Gasteiger partial charge is 0.161 e. The zero-order valence-electron chi connectivity index (χ0n) is 17.8. The lowest BCUT2D eigenvalue weighted by atomic mass is 10.0. The van der Waals surface area contributed by atoms with Crippen LogP contribution in [0.2, 0.25) is 0 Å². The van der Waals surface area contributed by atoms with Crippen LogP contribution in [0.25, 0.3) is 56.0 Å². The molecule has 160 valence electrons. The van der Waals surface area contributed by atoms with Crippen LogP contribution in [-0.4, -0.2) is 30.1 Å². The molecule has 4 aromatic heterocycles. The topological polar surface area (TPSA) is 83.1 Å². The first-order valence-electron chi connectivity index (χ1n) is 10.7. The number of para-hydroxylation sites is 1. The van der Waals surface area contributed by atoms with Crippen molar-refractivity contribution in [2.75, 3.05) is 0 Å². The number of aromatic nitrogens is 6. The maximum absolute atomic E-state index is 13.8. The number of hydrogen-bond acceptors (Lipinski definition) is 4. The number of rotatable bonds is 4. The molecule has 7 heteroatoms. The molecule has 33 heavy (non-hydrogen) atoms. The van der Waals surface area contributed by atoms with E-state index < -0.39 is 0 Å². The molecular formula is C26H19FN6. The van der Waals surface area contributed by atoms with E-state index in [4.69, 9.17) is 9.97 Å². The normalized spacial score (nSPS) is 11.5. The molecule has 0 radical (unpaired) electrons.